The van der Waals surface area contributed by atoms with Gasteiger partial charge in [-0.15, -0.1) is 5.10 Å². The normalized spacial score (nSPS) is 20.8. The number of ether oxygens (including phenoxy) is 1. The Kier molecular flexibility index (Phi) is 6.22. The summed E-state index contributed by atoms with van der Waals surface area (Å²) in [5, 5.41) is 13.3. The van der Waals surface area contributed by atoms with Crippen molar-refractivity contribution in [2.45, 2.75) is 51.7 Å². The molecule has 0 radical (unpaired) electrons. The number of aromatic nitrogens is 6. The molecular weight excluding hydrogens is 482 g/mol. The van der Waals surface area contributed by atoms with E-state index in [1.165, 1.54) is 6.33 Å². The number of hydrogen-bond acceptors (Lipinski definition) is 8. The van der Waals surface area contributed by atoms with Gasteiger partial charge < -0.3 is 20.3 Å². The zero-order valence-electron chi connectivity index (χ0n) is 22.0. The second-order valence-corrected chi connectivity index (χ2v) is 10.3. The molecule has 6 rings (SSSR count). The summed E-state index contributed by atoms with van der Waals surface area (Å²) in [6.07, 6.45) is 5.04. The second-order valence-electron chi connectivity index (χ2n) is 10.3. The van der Waals surface area contributed by atoms with E-state index in [-0.39, 0.29) is 24.0 Å². The van der Waals surface area contributed by atoms with Crippen molar-refractivity contribution >= 4 is 22.9 Å². The Balaban J connectivity index is 1.41. The van der Waals surface area contributed by atoms with E-state index in [9.17, 15) is 4.79 Å². The maximum atomic E-state index is 12.1. The van der Waals surface area contributed by atoms with Crippen molar-refractivity contribution in [1.82, 2.24) is 34.5 Å². The molecule has 1 aromatic carbocycles. The Hall–Kier alpha value is -3.99. The number of nitrogen functional groups attached to an aromatic ring is 1. The van der Waals surface area contributed by atoms with E-state index in [1.807, 2.05) is 14.1 Å². The molecule has 0 saturated carbocycles. The van der Waals surface area contributed by atoms with Gasteiger partial charge in [-0.3, -0.25) is 4.79 Å². The van der Waals surface area contributed by atoms with Crippen molar-refractivity contribution in [3.8, 4) is 22.5 Å². The van der Waals surface area contributed by atoms with Crippen molar-refractivity contribution in [2.24, 2.45) is 0 Å². The van der Waals surface area contributed by atoms with Crippen LogP contribution in [0.15, 0.2) is 42.9 Å². The summed E-state index contributed by atoms with van der Waals surface area (Å²) in [5.41, 5.74) is 12.0. The molecule has 3 aromatic heterocycles. The monoisotopic (exact) mass is 515 g/mol. The predicted octanol–water partition coefficient (Wildman–Crippen LogP) is 3.03. The molecule has 2 atom stereocenters. The van der Waals surface area contributed by atoms with Crippen LogP contribution in [0.2, 0.25) is 0 Å². The maximum absolute atomic E-state index is 12.1. The zero-order chi connectivity index (χ0) is 26.4. The number of carbonyl (C=O) groups is 1. The van der Waals surface area contributed by atoms with Crippen LogP contribution in [0.5, 0.6) is 0 Å². The van der Waals surface area contributed by atoms with E-state index in [1.54, 1.807) is 13.1 Å². The van der Waals surface area contributed by atoms with Gasteiger partial charge in [0, 0.05) is 62.1 Å². The quantitative estimate of drug-likeness (QED) is 0.440. The third-order valence-electron chi connectivity index (χ3n) is 7.76. The summed E-state index contributed by atoms with van der Waals surface area (Å²) in [7, 11) is 0. The molecule has 11 nitrogen and oxygen atoms in total. The number of piperazine rings is 1. The lowest BCUT2D eigenvalue weighted by Crippen LogP contribution is -2.58. The summed E-state index contributed by atoms with van der Waals surface area (Å²) in [4.78, 5) is 20.8. The summed E-state index contributed by atoms with van der Waals surface area (Å²) in [6.45, 7) is 8.84. The Labute approximate surface area is 221 Å². The Morgan fingerprint density at radius 3 is 2.58 bits per heavy atom. The second kappa shape index (κ2) is 9.71. The van der Waals surface area contributed by atoms with E-state index < -0.39 is 0 Å². The molecule has 11 heteroatoms. The highest BCUT2D eigenvalue weighted by Gasteiger charge is 2.31. The van der Waals surface area contributed by atoms with Gasteiger partial charge in [-0.05, 0) is 44.9 Å². The molecule has 38 heavy (non-hydrogen) atoms. The molecule has 2 aliphatic rings. The number of nitrogens with zero attached hydrogens (tertiary/aromatic N) is 8. The first kappa shape index (κ1) is 24.4. The van der Waals surface area contributed by atoms with Crippen LogP contribution in [0.25, 0.3) is 28.0 Å². The Morgan fingerprint density at radius 1 is 1.08 bits per heavy atom. The first-order chi connectivity index (χ1) is 18.4. The van der Waals surface area contributed by atoms with Crippen LogP contribution >= 0.6 is 0 Å². The number of anilines is 2. The molecule has 0 aliphatic carbocycles. The fourth-order valence-electron chi connectivity index (χ4n) is 6.12. The highest BCUT2D eigenvalue weighted by molar-refractivity contribution is 5.91. The van der Waals surface area contributed by atoms with Gasteiger partial charge in [-0.1, -0.05) is 17.3 Å². The molecule has 0 bridgehead atoms. The van der Waals surface area contributed by atoms with Gasteiger partial charge in [0.1, 0.15) is 11.8 Å². The highest BCUT2D eigenvalue weighted by Crippen LogP contribution is 2.37. The van der Waals surface area contributed by atoms with Crippen LogP contribution in [-0.4, -0.2) is 78.8 Å². The molecule has 2 saturated heterocycles. The molecule has 2 fully saturated rings. The van der Waals surface area contributed by atoms with Gasteiger partial charge in [0.2, 0.25) is 5.91 Å². The fraction of sp³-hybridized carbons (Fsp3) is 0.444. The van der Waals surface area contributed by atoms with Gasteiger partial charge in [-0.2, -0.15) is 5.10 Å². The van der Waals surface area contributed by atoms with Gasteiger partial charge in [0.15, 0.2) is 5.82 Å². The fourth-order valence-corrected chi connectivity index (χ4v) is 6.12. The van der Waals surface area contributed by atoms with Gasteiger partial charge in [0.25, 0.3) is 0 Å². The molecule has 5 heterocycles. The van der Waals surface area contributed by atoms with Crippen molar-refractivity contribution in [1.29, 1.82) is 0 Å². The number of carbonyl (C=O) groups excluding carboxylic acids is 1. The molecule has 198 valence electrons. The third kappa shape index (κ3) is 4.16. The summed E-state index contributed by atoms with van der Waals surface area (Å²) < 4.78 is 9.40. The van der Waals surface area contributed by atoms with Gasteiger partial charge in [-0.25, -0.2) is 14.2 Å². The molecule has 0 spiro atoms. The first-order valence-corrected chi connectivity index (χ1v) is 13.2. The number of amides is 1. The number of nitrogens with two attached hydrogens (primary N) is 1. The van der Waals surface area contributed by atoms with E-state index in [0.717, 1.165) is 59.7 Å². The molecule has 2 N–H and O–H groups in total. The maximum Gasteiger partial charge on any atom is 0.220 e. The Bertz CT molecular complexity index is 1460. The summed E-state index contributed by atoms with van der Waals surface area (Å²) >= 11 is 0. The number of rotatable bonds is 4. The molecule has 4 aromatic rings. The van der Waals surface area contributed by atoms with Crippen molar-refractivity contribution in [3.63, 3.8) is 0 Å². The smallest absolute Gasteiger partial charge is 0.220 e. The van der Waals surface area contributed by atoms with Crippen LogP contribution in [0, 0.1) is 0 Å². The van der Waals surface area contributed by atoms with E-state index in [0.29, 0.717) is 19.0 Å². The molecule has 1 amide bonds. The van der Waals surface area contributed by atoms with Gasteiger partial charge >= 0.3 is 0 Å². The Morgan fingerprint density at radius 2 is 1.84 bits per heavy atom. The number of fused-ring (bicyclic) bond motifs is 1. The summed E-state index contributed by atoms with van der Waals surface area (Å²) in [6, 6.07) is 11.0. The van der Waals surface area contributed by atoms with Gasteiger partial charge in [0.05, 0.1) is 23.6 Å². The predicted molar refractivity (Wildman–Crippen MR) is 145 cm³/mol. The van der Waals surface area contributed by atoms with Crippen molar-refractivity contribution in [2.75, 3.05) is 36.9 Å². The van der Waals surface area contributed by atoms with E-state index in [4.69, 9.17) is 10.5 Å². The SMILES string of the molecule is CC(=O)N1[C@H](C)CN(c2cccc(-c3cc(-c4cnnn4C4CCOCC4)c4c(N)ncnn34)c2)C[C@@H]1C. The average molecular weight is 516 g/mol. The third-order valence-corrected chi connectivity index (χ3v) is 7.76. The number of benzene rings is 1. The standard InChI is InChI=1S/C27H33N9O2/c1-17-14-33(15-18(2)34(17)19(3)37)22-6-4-5-20(11-22)24-12-23(26-27(28)29-16-31-36(24)26)25-13-30-32-35(25)21-7-9-38-10-8-21/h4-6,11-13,16-18,21H,7-10,14-15H2,1-3H3,(H2,28,29,31)/t17-,18+. The zero-order valence-corrected chi connectivity index (χ0v) is 22.0. The van der Waals surface area contributed by atoms with Crippen LogP contribution in [0.1, 0.15) is 39.7 Å². The highest BCUT2D eigenvalue weighted by atomic mass is 16.5. The lowest BCUT2D eigenvalue weighted by molar-refractivity contribution is -0.133. The topological polar surface area (TPSA) is 120 Å². The minimum absolute atomic E-state index is 0.123. The molecule has 2 aliphatic heterocycles. The van der Waals surface area contributed by atoms with E-state index >= 15 is 0 Å². The largest absolute Gasteiger partial charge is 0.382 e. The lowest BCUT2D eigenvalue weighted by Gasteiger charge is -2.45. The van der Waals surface area contributed by atoms with E-state index in [2.05, 4.69) is 69.5 Å². The lowest BCUT2D eigenvalue weighted by atomic mass is 10.0. The first-order valence-electron chi connectivity index (χ1n) is 13.2. The van der Waals surface area contributed by atoms with Crippen LogP contribution in [-0.2, 0) is 9.53 Å². The van der Waals surface area contributed by atoms with Crippen LogP contribution in [0.3, 0.4) is 0 Å². The minimum atomic E-state index is 0.123. The number of hydrogen-bond donors (Lipinski definition) is 1. The molecular formula is C27H33N9O2. The average Bonchev–Trinajstić information content (AvgIpc) is 3.54. The summed E-state index contributed by atoms with van der Waals surface area (Å²) in [5.74, 6) is 0.525. The van der Waals surface area contributed by atoms with Crippen molar-refractivity contribution in [3.05, 3.63) is 42.9 Å². The molecule has 0 unspecified atom stereocenters. The van der Waals surface area contributed by atoms with Crippen molar-refractivity contribution < 1.29 is 9.53 Å². The minimum Gasteiger partial charge on any atom is -0.382 e. The van der Waals surface area contributed by atoms with Crippen LogP contribution in [0.4, 0.5) is 11.5 Å². The van der Waals surface area contributed by atoms with Crippen LogP contribution < -0.4 is 10.6 Å².